The zero-order chi connectivity index (χ0) is 80.6. The highest BCUT2D eigenvalue weighted by molar-refractivity contribution is 6.08. The highest BCUT2D eigenvalue weighted by Gasteiger charge is 2.21. The van der Waals surface area contributed by atoms with Crippen LogP contribution in [0.2, 0.25) is 0 Å². The lowest BCUT2D eigenvalue weighted by molar-refractivity contribution is 0.501. The van der Waals surface area contributed by atoms with Crippen molar-refractivity contribution in [3.63, 3.8) is 0 Å². The summed E-state index contributed by atoms with van der Waals surface area (Å²) in [5.74, 6) is 1.78. The van der Waals surface area contributed by atoms with Gasteiger partial charge < -0.3 is 0 Å². The van der Waals surface area contributed by atoms with Gasteiger partial charge in [0.15, 0.2) is 0 Å². The summed E-state index contributed by atoms with van der Waals surface area (Å²) in [6.07, 6.45) is 13.8. The second-order valence-corrected chi connectivity index (χ2v) is 34.8. The Balaban J connectivity index is 0.000000109. The van der Waals surface area contributed by atoms with Crippen LogP contribution in [0.4, 0.5) is 0 Å². The summed E-state index contributed by atoms with van der Waals surface area (Å²) >= 11 is 0. The first-order valence-corrected chi connectivity index (χ1v) is 42.5. The van der Waals surface area contributed by atoms with Crippen LogP contribution in [-0.4, -0.2) is 0 Å². The van der Waals surface area contributed by atoms with Gasteiger partial charge >= 0.3 is 0 Å². The summed E-state index contributed by atoms with van der Waals surface area (Å²) in [6.45, 7) is 34.9. The van der Waals surface area contributed by atoms with Crippen molar-refractivity contribution in [2.75, 3.05) is 0 Å². The topological polar surface area (TPSA) is 0 Å². The summed E-state index contributed by atoms with van der Waals surface area (Å²) in [6, 6.07) is 103. The largest absolute Gasteiger partial charge is 0.0622 e. The van der Waals surface area contributed by atoms with Gasteiger partial charge in [-0.3, -0.25) is 0 Å². The van der Waals surface area contributed by atoms with E-state index in [1.165, 1.54) is 263 Å². The minimum absolute atomic E-state index is 0.889. The monoisotopic (exact) mass is 1500 g/mol. The van der Waals surface area contributed by atoms with Crippen molar-refractivity contribution in [1.29, 1.82) is 0 Å². The normalized spacial score (nSPS) is 14.1. The minimum Gasteiger partial charge on any atom is -0.0622 e. The summed E-state index contributed by atoms with van der Waals surface area (Å²) in [5, 5.41) is 13.3. The van der Waals surface area contributed by atoms with Gasteiger partial charge in [0.05, 0.1) is 0 Å². The maximum absolute atomic E-state index is 2.35. The molecule has 0 spiro atoms. The van der Waals surface area contributed by atoms with E-state index in [2.05, 4.69) is 390 Å². The molecule has 0 saturated carbocycles. The minimum atomic E-state index is 0.889. The molecule has 0 aromatic heterocycles. The standard InChI is InChI=1S/2C16H16.2C16H14.C15H14.2C12H16.C12H12/c3*1-11-3-7-15-13(9-11)5-6-14-10-12(2)4-8-16(14)15;1-11-3-5-13-10-16-8-12(2)4-6-14(16)9-15(13)7-11;1-10-3-5-14-12(7-10)9-13-8-11(2)4-6-15(13)14;3*1-9-3-5-12-8-10(2)4-6-11(12)7-9/h2*3-4,7-10H,5-6H2,1-2H3;2*3-10H,1-2H3;3-8H,9H2,1-2H3;2*3,5,7,10H,4,6,8H2,1-2H3;3-8H,1-2H3. The third-order valence-corrected chi connectivity index (χ3v) is 24.2. The molecule has 0 N–H and O–H groups in total. The van der Waals surface area contributed by atoms with Crippen LogP contribution in [0.3, 0.4) is 0 Å². The van der Waals surface area contributed by atoms with Crippen LogP contribution in [-0.2, 0) is 57.8 Å². The van der Waals surface area contributed by atoms with Gasteiger partial charge in [-0.2, -0.15) is 0 Å². The number of rotatable bonds is 0. The van der Waals surface area contributed by atoms with Gasteiger partial charge in [0, 0.05) is 0 Å². The van der Waals surface area contributed by atoms with E-state index in [0.29, 0.717) is 0 Å². The quantitative estimate of drug-likeness (QED) is 0.105. The van der Waals surface area contributed by atoms with Crippen LogP contribution in [0.25, 0.3) is 87.2 Å². The average molecular weight is 1500 g/mol. The molecule has 0 amide bonds. The van der Waals surface area contributed by atoms with E-state index >= 15 is 0 Å². The van der Waals surface area contributed by atoms with E-state index in [1.54, 1.807) is 22.3 Å². The van der Waals surface area contributed by atoms with Crippen LogP contribution in [0.15, 0.2) is 279 Å². The SMILES string of the molecule is Cc1ccc2c(c1)CCC(C)C2.Cc1ccc2c(c1)CCC(C)C2.Cc1ccc2c(c1)CCc1cc(C)ccc1-2.Cc1ccc2c(c1)CCc1cc(C)ccc1-2.Cc1ccc2c(c1)Cc1cc(C)ccc1-2.Cc1ccc2c(ccc3cc(C)ccc32)c1.Cc1ccc2cc(C)ccc2c1.Cc1ccc2cc3cc(C)ccc3cc2c1. The van der Waals surface area contributed by atoms with Gasteiger partial charge in [-0.25, -0.2) is 0 Å². The van der Waals surface area contributed by atoms with Crippen molar-refractivity contribution in [3.8, 4) is 33.4 Å². The van der Waals surface area contributed by atoms with E-state index in [-0.39, 0.29) is 0 Å². The van der Waals surface area contributed by atoms with Crippen LogP contribution in [0.5, 0.6) is 0 Å². The predicted octanol–water partition coefficient (Wildman–Crippen LogP) is 30.9. The van der Waals surface area contributed by atoms with E-state index in [1.807, 2.05) is 0 Å². The van der Waals surface area contributed by atoms with Crippen molar-refractivity contribution in [3.05, 3.63) is 413 Å². The Kier molecular flexibility index (Phi) is 25.3. The molecule has 16 aromatic carbocycles. The molecule has 0 saturated heterocycles. The van der Waals surface area contributed by atoms with Gasteiger partial charge in [-0.05, 0) is 334 Å². The van der Waals surface area contributed by atoms with Crippen LogP contribution in [0, 0.1) is 109 Å². The van der Waals surface area contributed by atoms with Gasteiger partial charge in [-0.1, -0.05) is 359 Å². The van der Waals surface area contributed by atoms with Crippen molar-refractivity contribution in [2.45, 2.75) is 181 Å². The molecule has 2 unspecified atom stereocenters. The zero-order valence-electron chi connectivity index (χ0n) is 71.5. The number of benzene rings is 16. The van der Waals surface area contributed by atoms with Crippen LogP contribution < -0.4 is 0 Å². The predicted molar refractivity (Wildman–Crippen MR) is 502 cm³/mol. The molecule has 0 heteroatoms. The lowest BCUT2D eigenvalue weighted by Gasteiger charge is -2.21. The molecule has 578 valence electrons. The van der Waals surface area contributed by atoms with E-state index < -0.39 is 0 Å². The lowest BCUT2D eigenvalue weighted by atomic mass is 9.84. The highest BCUT2D eigenvalue weighted by atomic mass is 14.3. The third kappa shape index (κ3) is 20.1. The fraction of sp³-hybridized carbons (Fsp3) is 0.252. The zero-order valence-corrected chi connectivity index (χ0v) is 71.5. The van der Waals surface area contributed by atoms with E-state index in [9.17, 15) is 0 Å². The van der Waals surface area contributed by atoms with E-state index in [4.69, 9.17) is 0 Å². The molecule has 115 heavy (non-hydrogen) atoms. The number of aryl methyl sites for hydroxylation is 20. The third-order valence-electron chi connectivity index (χ3n) is 24.2. The molecular formula is C115H118. The average Bonchev–Trinajstić information content (AvgIpc) is 1.47. The van der Waals surface area contributed by atoms with Crippen molar-refractivity contribution in [2.24, 2.45) is 11.8 Å². The molecule has 21 rings (SSSR count). The van der Waals surface area contributed by atoms with Gasteiger partial charge in [0.2, 0.25) is 0 Å². The molecule has 0 bridgehead atoms. The van der Waals surface area contributed by atoms with Crippen LogP contribution in [0.1, 0.15) is 160 Å². The highest BCUT2D eigenvalue weighted by Crippen LogP contribution is 2.40. The number of hydrogen-bond acceptors (Lipinski definition) is 0. The molecule has 0 radical (unpaired) electrons. The first-order chi connectivity index (χ1) is 55.4. The van der Waals surface area contributed by atoms with Crippen LogP contribution >= 0.6 is 0 Å². The second kappa shape index (κ2) is 36.1. The molecule has 16 aromatic rings. The lowest BCUT2D eigenvalue weighted by Crippen LogP contribution is -2.10. The number of fused-ring (bicyclic) bond motifs is 17. The Morgan fingerprint density at radius 1 is 0.165 bits per heavy atom. The summed E-state index contributed by atoms with van der Waals surface area (Å²) in [5.41, 5.74) is 42.9. The van der Waals surface area contributed by atoms with Gasteiger partial charge in [-0.15, -0.1) is 0 Å². The smallest absolute Gasteiger partial charge is 0.00133 e. The Bertz CT molecular complexity index is 5720. The first-order valence-electron chi connectivity index (χ1n) is 42.5. The maximum atomic E-state index is 2.35. The molecule has 0 nitrogen and oxygen atoms in total. The first kappa shape index (κ1) is 80.4. The molecule has 5 aliphatic rings. The fourth-order valence-corrected chi connectivity index (χ4v) is 17.9. The van der Waals surface area contributed by atoms with Crippen molar-refractivity contribution >= 4 is 53.9 Å². The summed E-state index contributed by atoms with van der Waals surface area (Å²) < 4.78 is 0. The summed E-state index contributed by atoms with van der Waals surface area (Å²) in [7, 11) is 0. The molecule has 0 fully saturated rings. The molecule has 2 atom stereocenters. The van der Waals surface area contributed by atoms with Crippen molar-refractivity contribution in [1.82, 2.24) is 0 Å². The van der Waals surface area contributed by atoms with Crippen molar-refractivity contribution < 1.29 is 0 Å². The Hall–Kier alpha value is -11.2. The Labute approximate surface area is 688 Å². The van der Waals surface area contributed by atoms with Gasteiger partial charge in [0.25, 0.3) is 0 Å². The summed E-state index contributed by atoms with van der Waals surface area (Å²) in [4.78, 5) is 0. The Morgan fingerprint density at radius 3 is 0.678 bits per heavy atom. The van der Waals surface area contributed by atoms with E-state index in [0.717, 1.165) is 18.3 Å². The molecule has 0 aliphatic heterocycles. The number of hydrogen-bond donors (Lipinski definition) is 0. The molecule has 5 aliphatic carbocycles. The molecular weight excluding hydrogens is 1380 g/mol. The second-order valence-electron chi connectivity index (χ2n) is 34.8. The Morgan fingerprint density at radius 2 is 0.374 bits per heavy atom. The molecule has 0 heterocycles. The van der Waals surface area contributed by atoms with Gasteiger partial charge in [0.1, 0.15) is 0 Å². The fourth-order valence-electron chi connectivity index (χ4n) is 17.9. The maximum Gasteiger partial charge on any atom is -0.00133 e.